The number of H-pyrrole nitrogens is 1. The van der Waals surface area contributed by atoms with Gasteiger partial charge in [0.05, 0.1) is 5.56 Å². The minimum atomic E-state index is -0.336. The topological polar surface area (TPSA) is 74.8 Å². The van der Waals surface area contributed by atoms with Gasteiger partial charge in [-0.15, -0.1) is 0 Å². The molecule has 4 rings (SSSR count). The molecule has 5 nitrogen and oxygen atoms in total. The van der Waals surface area contributed by atoms with Crippen LogP contribution in [0.5, 0.6) is 0 Å². The summed E-state index contributed by atoms with van der Waals surface area (Å²) in [5, 5.41) is 3.04. The lowest BCUT2D eigenvalue weighted by molar-refractivity contribution is -0.116. The molecule has 1 unspecified atom stereocenters. The van der Waals surface area contributed by atoms with E-state index in [4.69, 9.17) is 0 Å². The number of carbonyl (C=O) groups is 1. The van der Waals surface area contributed by atoms with Crippen LogP contribution in [0.4, 0.5) is 10.2 Å². The molecule has 0 bridgehead atoms. The number of rotatable bonds is 4. The predicted octanol–water partition coefficient (Wildman–Crippen LogP) is 3.68. The van der Waals surface area contributed by atoms with Gasteiger partial charge in [0.1, 0.15) is 11.6 Å². The van der Waals surface area contributed by atoms with E-state index in [2.05, 4.69) is 15.3 Å². The van der Waals surface area contributed by atoms with Gasteiger partial charge in [-0.1, -0.05) is 60.3 Å². The number of anilines is 1. The van der Waals surface area contributed by atoms with Crippen molar-refractivity contribution < 1.29 is 9.18 Å². The van der Waals surface area contributed by atoms with E-state index in [1.165, 1.54) is 17.8 Å². The maximum absolute atomic E-state index is 13.8. The third-order valence-corrected chi connectivity index (χ3v) is 5.38. The number of halogens is 1. The van der Waals surface area contributed by atoms with E-state index in [-0.39, 0.29) is 35.4 Å². The SMILES string of the molecule is O=C1CC(c2ccccc2)c2c(nc(SCc3ccccc3F)[nH]c2=O)N1. The van der Waals surface area contributed by atoms with Gasteiger partial charge in [-0.05, 0) is 17.2 Å². The lowest BCUT2D eigenvalue weighted by Gasteiger charge is -2.24. The van der Waals surface area contributed by atoms with Gasteiger partial charge in [0.15, 0.2) is 5.16 Å². The number of nitrogens with one attached hydrogen (secondary N) is 2. The largest absolute Gasteiger partial charge is 0.310 e. The average molecular weight is 381 g/mol. The molecule has 2 heterocycles. The Bertz CT molecular complexity index is 1050. The third-order valence-electron chi connectivity index (χ3n) is 4.45. The van der Waals surface area contributed by atoms with E-state index >= 15 is 0 Å². The van der Waals surface area contributed by atoms with E-state index in [0.29, 0.717) is 22.0 Å². The van der Waals surface area contributed by atoms with Crippen molar-refractivity contribution >= 4 is 23.5 Å². The smallest absolute Gasteiger partial charge is 0.257 e. The number of fused-ring (bicyclic) bond motifs is 1. The van der Waals surface area contributed by atoms with Gasteiger partial charge in [-0.25, -0.2) is 9.37 Å². The number of hydrogen-bond donors (Lipinski definition) is 2. The van der Waals surface area contributed by atoms with Crippen molar-refractivity contribution in [1.29, 1.82) is 0 Å². The Kier molecular flexibility index (Phi) is 4.77. The maximum atomic E-state index is 13.8. The van der Waals surface area contributed by atoms with Crippen molar-refractivity contribution in [1.82, 2.24) is 9.97 Å². The van der Waals surface area contributed by atoms with Crippen LogP contribution < -0.4 is 10.9 Å². The summed E-state index contributed by atoms with van der Waals surface area (Å²) in [6.07, 6.45) is 0.198. The van der Waals surface area contributed by atoms with E-state index in [1.807, 2.05) is 30.3 Å². The van der Waals surface area contributed by atoms with E-state index in [0.717, 1.165) is 5.56 Å². The van der Waals surface area contributed by atoms with Crippen molar-refractivity contribution in [3.05, 3.63) is 87.5 Å². The molecule has 2 N–H and O–H groups in total. The van der Waals surface area contributed by atoms with E-state index in [9.17, 15) is 14.0 Å². The fourth-order valence-electron chi connectivity index (χ4n) is 3.15. The summed E-state index contributed by atoms with van der Waals surface area (Å²) in [6, 6.07) is 15.9. The number of hydrogen-bond acceptors (Lipinski definition) is 4. The molecule has 3 aromatic rings. The molecule has 1 amide bonds. The van der Waals surface area contributed by atoms with Crippen molar-refractivity contribution in [2.24, 2.45) is 0 Å². The minimum Gasteiger partial charge on any atom is -0.310 e. The molecule has 2 aromatic carbocycles. The van der Waals surface area contributed by atoms with Gasteiger partial charge in [0.2, 0.25) is 5.91 Å². The molecule has 0 aliphatic carbocycles. The first-order valence-electron chi connectivity index (χ1n) is 8.47. The van der Waals surface area contributed by atoms with Crippen LogP contribution in [0.2, 0.25) is 0 Å². The molecule has 1 aromatic heterocycles. The Morgan fingerprint density at radius 1 is 1.07 bits per heavy atom. The Balaban J connectivity index is 1.66. The highest BCUT2D eigenvalue weighted by molar-refractivity contribution is 7.98. The van der Waals surface area contributed by atoms with Crippen LogP contribution in [0.1, 0.15) is 29.0 Å². The zero-order valence-corrected chi connectivity index (χ0v) is 15.1. The van der Waals surface area contributed by atoms with Gasteiger partial charge >= 0.3 is 0 Å². The highest BCUT2D eigenvalue weighted by Gasteiger charge is 2.30. The van der Waals surface area contributed by atoms with Crippen LogP contribution in [0.25, 0.3) is 0 Å². The number of amides is 1. The van der Waals surface area contributed by atoms with Gasteiger partial charge in [0.25, 0.3) is 5.56 Å². The molecule has 0 saturated heterocycles. The highest BCUT2D eigenvalue weighted by Crippen LogP contribution is 2.34. The molecular formula is C20H16FN3O2S. The number of carbonyl (C=O) groups excluding carboxylic acids is 1. The maximum Gasteiger partial charge on any atom is 0.257 e. The van der Waals surface area contributed by atoms with Crippen molar-refractivity contribution in [2.45, 2.75) is 23.2 Å². The average Bonchev–Trinajstić information content (AvgIpc) is 2.67. The van der Waals surface area contributed by atoms with E-state index in [1.54, 1.807) is 18.2 Å². The summed E-state index contributed by atoms with van der Waals surface area (Å²) in [4.78, 5) is 32.0. The van der Waals surface area contributed by atoms with Gasteiger partial charge < -0.3 is 10.3 Å². The summed E-state index contributed by atoms with van der Waals surface area (Å²) < 4.78 is 13.8. The van der Waals surface area contributed by atoms with Crippen LogP contribution >= 0.6 is 11.8 Å². The molecule has 0 fully saturated rings. The van der Waals surface area contributed by atoms with Gasteiger partial charge in [0, 0.05) is 18.1 Å². The number of aromatic amines is 1. The number of thioether (sulfide) groups is 1. The number of benzene rings is 2. The molecule has 1 aliphatic heterocycles. The van der Waals surface area contributed by atoms with Crippen molar-refractivity contribution in [2.75, 3.05) is 5.32 Å². The first-order chi connectivity index (χ1) is 13.1. The second-order valence-electron chi connectivity index (χ2n) is 6.23. The zero-order valence-electron chi connectivity index (χ0n) is 14.2. The second-order valence-corrected chi connectivity index (χ2v) is 7.19. The molecule has 27 heavy (non-hydrogen) atoms. The molecule has 136 valence electrons. The molecule has 0 spiro atoms. The first kappa shape index (κ1) is 17.5. The Labute approximate surface area is 159 Å². The Morgan fingerprint density at radius 2 is 1.81 bits per heavy atom. The summed E-state index contributed by atoms with van der Waals surface area (Å²) >= 11 is 1.21. The van der Waals surface area contributed by atoms with Gasteiger partial charge in [-0.2, -0.15) is 0 Å². The standard InChI is InChI=1S/C20H16FN3O2S/c21-15-9-5-4-8-13(15)11-27-20-23-18-17(19(26)24-20)14(10-16(25)22-18)12-6-2-1-3-7-12/h1-9,14H,10-11H2,(H2,22,23,24,25,26). The molecular weight excluding hydrogens is 365 g/mol. The monoisotopic (exact) mass is 381 g/mol. The molecule has 0 saturated carbocycles. The molecule has 1 atom stereocenters. The zero-order chi connectivity index (χ0) is 18.8. The Morgan fingerprint density at radius 3 is 2.59 bits per heavy atom. The Hall–Kier alpha value is -2.93. The first-order valence-corrected chi connectivity index (χ1v) is 9.45. The van der Waals surface area contributed by atoms with Gasteiger partial charge in [-0.3, -0.25) is 9.59 Å². The van der Waals surface area contributed by atoms with Crippen LogP contribution in [-0.4, -0.2) is 15.9 Å². The number of aromatic nitrogens is 2. The number of nitrogens with zero attached hydrogens (tertiary/aromatic N) is 1. The fourth-order valence-corrected chi connectivity index (χ4v) is 4.00. The van der Waals surface area contributed by atoms with E-state index < -0.39 is 0 Å². The summed E-state index contributed by atoms with van der Waals surface area (Å²) in [6.45, 7) is 0. The third kappa shape index (κ3) is 3.64. The van der Waals surface area contributed by atoms with Crippen LogP contribution in [0.15, 0.2) is 64.5 Å². The summed E-state index contributed by atoms with van der Waals surface area (Å²) in [5.74, 6) is -0.219. The normalized spacial score (nSPS) is 15.9. The highest BCUT2D eigenvalue weighted by atomic mass is 32.2. The quantitative estimate of drug-likeness (QED) is 0.534. The minimum absolute atomic E-state index is 0.181. The molecule has 1 aliphatic rings. The summed E-state index contributed by atoms with van der Waals surface area (Å²) in [7, 11) is 0. The molecule has 7 heteroatoms. The van der Waals surface area contributed by atoms with Crippen molar-refractivity contribution in [3.8, 4) is 0 Å². The summed E-state index contributed by atoms with van der Waals surface area (Å²) in [5.41, 5.74) is 1.59. The van der Waals surface area contributed by atoms with Crippen LogP contribution in [0.3, 0.4) is 0 Å². The lowest BCUT2D eigenvalue weighted by atomic mass is 9.87. The lowest BCUT2D eigenvalue weighted by Crippen LogP contribution is -2.31. The van der Waals surface area contributed by atoms with Crippen LogP contribution in [-0.2, 0) is 10.5 Å². The predicted molar refractivity (Wildman–Crippen MR) is 102 cm³/mol. The fraction of sp³-hybridized carbons (Fsp3) is 0.150. The second kappa shape index (κ2) is 7.36. The van der Waals surface area contributed by atoms with Crippen molar-refractivity contribution in [3.63, 3.8) is 0 Å². The molecule has 0 radical (unpaired) electrons. The van der Waals surface area contributed by atoms with Crippen LogP contribution in [0, 0.1) is 5.82 Å².